The molecule has 1 aromatic carbocycles. The first-order valence-electron chi connectivity index (χ1n) is 4.69. The van der Waals surface area contributed by atoms with Crippen molar-refractivity contribution in [3.63, 3.8) is 0 Å². The van der Waals surface area contributed by atoms with Crippen LogP contribution in [-0.2, 0) is 7.05 Å². The summed E-state index contributed by atoms with van der Waals surface area (Å²) in [6.45, 7) is 0. The molecule has 7 heteroatoms. The molecule has 17 heavy (non-hydrogen) atoms. The third-order valence-electron chi connectivity index (χ3n) is 2.36. The summed E-state index contributed by atoms with van der Waals surface area (Å²) in [5, 5.41) is 17.7. The Morgan fingerprint density at radius 2 is 2.12 bits per heavy atom. The van der Waals surface area contributed by atoms with Crippen molar-refractivity contribution < 1.29 is 9.50 Å². The molecular formula is C10H8Br2FN3O. The molecule has 90 valence electrons. The Balaban J connectivity index is 2.55. The van der Waals surface area contributed by atoms with E-state index < -0.39 is 11.9 Å². The molecule has 0 radical (unpaired) electrons. The standard InChI is InChI=1S/C10H8Br2FN3O/c1-16-8(10(12)14-15-16)9(17)7-5(11)3-2-4-6(7)13/h2-4,9,17H,1H3. The van der Waals surface area contributed by atoms with Crippen LogP contribution in [0.3, 0.4) is 0 Å². The van der Waals surface area contributed by atoms with Gasteiger partial charge in [-0.25, -0.2) is 9.07 Å². The van der Waals surface area contributed by atoms with Crippen LogP contribution in [0.5, 0.6) is 0 Å². The van der Waals surface area contributed by atoms with E-state index >= 15 is 0 Å². The second-order valence-corrected chi connectivity index (χ2v) is 5.03. The van der Waals surface area contributed by atoms with E-state index in [9.17, 15) is 9.50 Å². The minimum absolute atomic E-state index is 0.165. The quantitative estimate of drug-likeness (QED) is 0.890. The molecule has 2 aromatic rings. The third-order valence-corrected chi connectivity index (χ3v) is 3.62. The van der Waals surface area contributed by atoms with Gasteiger partial charge >= 0.3 is 0 Å². The average molecular weight is 365 g/mol. The van der Waals surface area contributed by atoms with E-state index in [4.69, 9.17) is 0 Å². The van der Waals surface area contributed by atoms with E-state index in [0.717, 1.165) is 0 Å². The molecule has 1 unspecified atom stereocenters. The first-order chi connectivity index (χ1) is 8.02. The van der Waals surface area contributed by atoms with Crippen LogP contribution >= 0.6 is 31.9 Å². The van der Waals surface area contributed by atoms with Crippen LogP contribution in [-0.4, -0.2) is 20.1 Å². The molecular weight excluding hydrogens is 357 g/mol. The van der Waals surface area contributed by atoms with Gasteiger partial charge in [-0.2, -0.15) is 0 Å². The van der Waals surface area contributed by atoms with E-state index in [1.165, 1.54) is 10.7 Å². The molecule has 0 spiro atoms. The number of benzene rings is 1. The molecule has 0 fully saturated rings. The van der Waals surface area contributed by atoms with Crippen LogP contribution in [0.25, 0.3) is 0 Å². The summed E-state index contributed by atoms with van der Waals surface area (Å²) in [5.41, 5.74) is 0.564. The lowest BCUT2D eigenvalue weighted by Gasteiger charge is -2.13. The number of aromatic nitrogens is 3. The molecule has 0 aliphatic rings. The van der Waals surface area contributed by atoms with Gasteiger partial charge in [-0.1, -0.05) is 27.2 Å². The van der Waals surface area contributed by atoms with Gasteiger partial charge in [0, 0.05) is 17.1 Å². The van der Waals surface area contributed by atoms with Crippen LogP contribution < -0.4 is 0 Å². The van der Waals surface area contributed by atoms with Crippen molar-refractivity contribution in [2.24, 2.45) is 7.05 Å². The molecule has 1 heterocycles. The zero-order valence-electron chi connectivity index (χ0n) is 8.73. The van der Waals surface area contributed by atoms with E-state index in [-0.39, 0.29) is 5.56 Å². The van der Waals surface area contributed by atoms with Gasteiger partial charge in [0.15, 0.2) is 4.60 Å². The number of aryl methyl sites for hydroxylation is 1. The first kappa shape index (κ1) is 12.7. The van der Waals surface area contributed by atoms with Crippen molar-refractivity contribution in [1.82, 2.24) is 15.0 Å². The largest absolute Gasteiger partial charge is 0.382 e. The van der Waals surface area contributed by atoms with Gasteiger partial charge < -0.3 is 5.11 Å². The molecule has 1 N–H and O–H groups in total. The fraction of sp³-hybridized carbons (Fsp3) is 0.200. The fourth-order valence-electron chi connectivity index (χ4n) is 1.54. The Morgan fingerprint density at radius 1 is 1.41 bits per heavy atom. The maximum atomic E-state index is 13.7. The van der Waals surface area contributed by atoms with Crippen molar-refractivity contribution in [1.29, 1.82) is 0 Å². The molecule has 1 aromatic heterocycles. The van der Waals surface area contributed by atoms with Gasteiger partial charge in [0.05, 0.1) is 0 Å². The molecule has 0 saturated carbocycles. The minimum atomic E-state index is -1.14. The van der Waals surface area contributed by atoms with Crippen LogP contribution in [0.1, 0.15) is 17.4 Å². The second kappa shape index (κ2) is 4.83. The third kappa shape index (κ3) is 2.27. The Morgan fingerprint density at radius 3 is 2.65 bits per heavy atom. The van der Waals surface area contributed by atoms with Crippen molar-refractivity contribution in [2.45, 2.75) is 6.10 Å². The number of halogens is 3. The molecule has 2 rings (SSSR count). The number of nitrogens with zero attached hydrogens (tertiary/aromatic N) is 3. The van der Waals surface area contributed by atoms with Gasteiger partial charge in [-0.05, 0) is 28.1 Å². The van der Waals surface area contributed by atoms with Crippen molar-refractivity contribution >= 4 is 31.9 Å². The van der Waals surface area contributed by atoms with Gasteiger partial charge in [-0.3, -0.25) is 0 Å². The molecule has 0 aliphatic carbocycles. The highest BCUT2D eigenvalue weighted by Crippen LogP contribution is 2.32. The van der Waals surface area contributed by atoms with Gasteiger partial charge in [0.25, 0.3) is 0 Å². The molecule has 0 aliphatic heterocycles. The van der Waals surface area contributed by atoms with Crippen LogP contribution in [0, 0.1) is 5.82 Å². The number of aliphatic hydroxyl groups excluding tert-OH is 1. The van der Waals surface area contributed by atoms with E-state index in [1.54, 1.807) is 19.2 Å². The van der Waals surface area contributed by atoms with E-state index in [1.807, 2.05) is 0 Å². The van der Waals surface area contributed by atoms with E-state index in [0.29, 0.717) is 14.8 Å². The highest BCUT2D eigenvalue weighted by atomic mass is 79.9. The lowest BCUT2D eigenvalue weighted by atomic mass is 10.1. The Hall–Kier alpha value is -0.790. The number of aliphatic hydroxyl groups is 1. The molecule has 4 nitrogen and oxygen atoms in total. The second-order valence-electron chi connectivity index (χ2n) is 3.43. The van der Waals surface area contributed by atoms with Crippen molar-refractivity contribution in [3.8, 4) is 0 Å². The fourth-order valence-corrected chi connectivity index (χ4v) is 2.64. The topological polar surface area (TPSA) is 50.9 Å². The van der Waals surface area contributed by atoms with Crippen molar-refractivity contribution in [3.05, 3.63) is 44.3 Å². The van der Waals surface area contributed by atoms with Crippen LogP contribution in [0.15, 0.2) is 27.3 Å². The predicted molar refractivity (Wildman–Crippen MR) is 66.9 cm³/mol. The van der Waals surface area contributed by atoms with Crippen LogP contribution in [0.4, 0.5) is 4.39 Å². The summed E-state index contributed by atoms with van der Waals surface area (Å²) < 4.78 is 16.0. The zero-order valence-corrected chi connectivity index (χ0v) is 11.9. The van der Waals surface area contributed by atoms with Gasteiger partial charge in [0.2, 0.25) is 0 Å². The SMILES string of the molecule is Cn1nnc(Br)c1C(O)c1c(F)cccc1Br. The lowest BCUT2D eigenvalue weighted by Crippen LogP contribution is -2.09. The predicted octanol–water partition coefficient (Wildman–Crippen LogP) is 2.56. The average Bonchev–Trinajstić information content (AvgIpc) is 2.58. The molecule has 1 atom stereocenters. The zero-order chi connectivity index (χ0) is 12.6. The summed E-state index contributed by atoms with van der Waals surface area (Å²) in [6.07, 6.45) is -1.14. The Bertz CT molecular complexity index is 519. The highest BCUT2D eigenvalue weighted by molar-refractivity contribution is 9.10. The van der Waals surface area contributed by atoms with Crippen molar-refractivity contribution in [2.75, 3.05) is 0 Å². The monoisotopic (exact) mass is 363 g/mol. The van der Waals surface area contributed by atoms with E-state index in [2.05, 4.69) is 42.2 Å². The minimum Gasteiger partial charge on any atom is -0.382 e. The number of rotatable bonds is 2. The number of hydrogen-bond acceptors (Lipinski definition) is 3. The summed E-state index contributed by atoms with van der Waals surface area (Å²) in [6, 6.07) is 4.52. The van der Waals surface area contributed by atoms with Gasteiger partial charge in [0.1, 0.15) is 17.6 Å². The highest BCUT2D eigenvalue weighted by Gasteiger charge is 2.24. The first-order valence-corrected chi connectivity index (χ1v) is 6.28. The molecule has 0 bridgehead atoms. The maximum Gasteiger partial charge on any atom is 0.154 e. The lowest BCUT2D eigenvalue weighted by molar-refractivity contribution is 0.203. The number of hydrogen-bond donors (Lipinski definition) is 1. The Labute approximate surface area is 114 Å². The normalized spacial score (nSPS) is 12.8. The summed E-state index contributed by atoms with van der Waals surface area (Å²) in [5.74, 6) is -0.486. The smallest absolute Gasteiger partial charge is 0.154 e. The molecule has 0 amide bonds. The summed E-state index contributed by atoms with van der Waals surface area (Å²) >= 11 is 6.39. The molecule has 0 saturated heterocycles. The Kier molecular flexibility index (Phi) is 3.60. The van der Waals surface area contributed by atoms with Gasteiger partial charge in [-0.15, -0.1) is 5.10 Å². The maximum absolute atomic E-state index is 13.7. The summed E-state index contributed by atoms with van der Waals surface area (Å²) in [7, 11) is 1.63. The summed E-state index contributed by atoms with van der Waals surface area (Å²) in [4.78, 5) is 0. The van der Waals surface area contributed by atoms with Crippen LogP contribution in [0.2, 0.25) is 0 Å².